The lowest BCUT2D eigenvalue weighted by atomic mass is 9.82. The van der Waals surface area contributed by atoms with Crippen LogP contribution in [0.25, 0.3) is 11.1 Å². The van der Waals surface area contributed by atoms with E-state index in [4.69, 9.17) is 4.74 Å². The minimum atomic E-state index is -2.99. The van der Waals surface area contributed by atoms with E-state index in [0.717, 1.165) is 22.3 Å². The van der Waals surface area contributed by atoms with E-state index in [-0.39, 0.29) is 19.1 Å². The highest BCUT2D eigenvalue weighted by Gasteiger charge is 2.40. The van der Waals surface area contributed by atoms with E-state index >= 15 is 0 Å². The Morgan fingerprint density at radius 1 is 1.11 bits per heavy atom. The summed E-state index contributed by atoms with van der Waals surface area (Å²) in [5.74, 6) is -1.87. The van der Waals surface area contributed by atoms with Gasteiger partial charge in [-0.25, -0.2) is 13.6 Å². The van der Waals surface area contributed by atoms with Crippen molar-refractivity contribution < 1.29 is 33.0 Å². The molecule has 2 unspecified atom stereocenters. The third kappa shape index (κ3) is 5.13. The molecule has 2 amide bonds. The van der Waals surface area contributed by atoms with Gasteiger partial charge >= 0.3 is 12.1 Å². The molecule has 2 aromatic rings. The molecule has 7 nitrogen and oxygen atoms in total. The highest BCUT2D eigenvalue weighted by Crippen LogP contribution is 2.44. The molecule has 1 aliphatic heterocycles. The Hall–Kier alpha value is -3.49. The van der Waals surface area contributed by atoms with Gasteiger partial charge in [-0.3, -0.25) is 9.59 Å². The summed E-state index contributed by atoms with van der Waals surface area (Å²) in [4.78, 5) is 37.9. The molecule has 0 spiro atoms. The van der Waals surface area contributed by atoms with Crippen LogP contribution in [0.4, 0.5) is 13.6 Å². The fourth-order valence-corrected chi connectivity index (χ4v) is 4.94. The Labute approximate surface area is 202 Å². The van der Waals surface area contributed by atoms with Crippen LogP contribution in [0.1, 0.15) is 43.2 Å². The summed E-state index contributed by atoms with van der Waals surface area (Å²) in [6, 6.07) is 13.8. The number of piperidine rings is 1. The lowest BCUT2D eigenvalue weighted by molar-refractivity contribution is -0.153. The first-order valence-electron chi connectivity index (χ1n) is 11.6. The summed E-state index contributed by atoms with van der Waals surface area (Å²) in [5.41, 5.74) is 2.96. The first-order valence-corrected chi connectivity index (χ1v) is 11.6. The number of likely N-dealkylation sites (tertiary alicyclic amines) is 1. The number of hydrogen-bond donors (Lipinski definition) is 2. The van der Waals surface area contributed by atoms with Gasteiger partial charge in [0.05, 0.1) is 11.8 Å². The average Bonchev–Trinajstić information content (AvgIpc) is 3.16. The molecule has 0 bridgehead atoms. The molecular formula is C26H28F2N2O5. The standard InChI is InChI=1S/C26H28F2N2O5/c1-26(24(32)33)11-6-12-30(15-26)22(31)13-21(23(27)28)29-25(34)35-14-20-18-9-4-2-7-16(18)17-8-3-5-10-19(17)20/h2-5,7-10,20-21,23H,6,11-15H2,1H3,(H,29,34)(H,32,33). The van der Waals surface area contributed by atoms with Crippen molar-refractivity contribution in [3.05, 3.63) is 59.7 Å². The Morgan fingerprint density at radius 2 is 1.71 bits per heavy atom. The van der Waals surface area contributed by atoms with Crippen LogP contribution in [0, 0.1) is 5.41 Å². The number of alkyl halides is 2. The molecule has 9 heteroatoms. The number of amides is 2. The second-order valence-corrected chi connectivity index (χ2v) is 9.40. The van der Waals surface area contributed by atoms with Crippen molar-refractivity contribution in [2.24, 2.45) is 5.41 Å². The largest absolute Gasteiger partial charge is 0.481 e. The number of rotatable bonds is 7. The summed E-state index contributed by atoms with van der Waals surface area (Å²) in [7, 11) is 0. The summed E-state index contributed by atoms with van der Waals surface area (Å²) in [6.45, 7) is 1.74. The van der Waals surface area contributed by atoms with Crippen molar-refractivity contribution in [1.82, 2.24) is 10.2 Å². The SMILES string of the molecule is CC1(C(=O)O)CCCN(C(=O)CC(NC(=O)OCC2c3ccccc3-c3ccccc32)C(F)F)C1. The highest BCUT2D eigenvalue weighted by atomic mass is 19.3. The number of nitrogens with one attached hydrogen (secondary N) is 1. The van der Waals surface area contributed by atoms with Crippen molar-refractivity contribution in [2.75, 3.05) is 19.7 Å². The van der Waals surface area contributed by atoms with Crippen molar-refractivity contribution in [3.63, 3.8) is 0 Å². The molecule has 1 aliphatic carbocycles. The second kappa shape index (κ2) is 10.0. The molecule has 1 saturated heterocycles. The lowest BCUT2D eigenvalue weighted by Gasteiger charge is -2.38. The molecule has 4 rings (SSSR count). The number of halogens is 2. The Morgan fingerprint density at radius 3 is 2.29 bits per heavy atom. The molecule has 0 aromatic heterocycles. The normalized spacial score (nSPS) is 20.2. The van der Waals surface area contributed by atoms with Crippen LogP contribution in [-0.4, -0.2) is 60.1 Å². The van der Waals surface area contributed by atoms with Gasteiger partial charge in [0.25, 0.3) is 6.43 Å². The van der Waals surface area contributed by atoms with Gasteiger partial charge in [0.15, 0.2) is 0 Å². The Bertz CT molecular complexity index is 1080. The molecule has 0 radical (unpaired) electrons. The number of carbonyl (C=O) groups is 3. The molecule has 2 aliphatic rings. The van der Waals surface area contributed by atoms with Crippen LogP contribution >= 0.6 is 0 Å². The van der Waals surface area contributed by atoms with E-state index in [9.17, 15) is 28.3 Å². The molecule has 2 aromatic carbocycles. The number of carboxylic acid groups (broad SMARTS) is 1. The quantitative estimate of drug-likeness (QED) is 0.610. The zero-order chi connectivity index (χ0) is 25.2. The van der Waals surface area contributed by atoms with Crippen molar-refractivity contribution >= 4 is 18.0 Å². The number of hydrogen-bond acceptors (Lipinski definition) is 4. The zero-order valence-corrected chi connectivity index (χ0v) is 19.4. The van der Waals surface area contributed by atoms with E-state index in [1.165, 1.54) is 11.8 Å². The van der Waals surface area contributed by atoms with Crippen LogP contribution in [0.2, 0.25) is 0 Å². The average molecular weight is 487 g/mol. The predicted octanol–water partition coefficient (Wildman–Crippen LogP) is 4.26. The van der Waals surface area contributed by atoms with Crippen LogP contribution < -0.4 is 5.32 Å². The fourth-order valence-electron chi connectivity index (χ4n) is 4.94. The zero-order valence-electron chi connectivity index (χ0n) is 19.4. The van der Waals surface area contributed by atoms with Gasteiger partial charge in [-0.1, -0.05) is 48.5 Å². The van der Waals surface area contributed by atoms with Gasteiger partial charge in [-0.2, -0.15) is 0 Å². The highest BCUT2D eigenvalue weighted by molar-refractivity contribution is 5.81. The minimum absolute atomic E-state index is 0.0349. The number of nitrogens with zero attached hydrogens (tertiary/aromatic N) is 1. The molecule has 2 N–H and O–H groups in total. The number of alkyl carbamates (subject to hydrolysis) is 1. The van der Waals surface area contributed by atoms with E-state index in [0.29, 0.717) is 19.4 Å². The molecular weight excluding hydrogens is 458 g/mol. The van der Waals surface area contributed by atoms with Gasteiger partial charge in [-0.05, 0) is 42.0 Å². The van der Waals surface area contributed by atoms with Crippen molar-refractivity contribution in [1.29, 1.82) is 0 Å². The van der Waals surface area contributed by atoms with Crippen LogP contribution in [0.15, 0.2) is 48.5 Å². The molecule has 2 atom stereocenters. The monoisotopic (exact) mass is 486 g/mol. The van der Waals surface area contributed by atoms with Gasteiger partial charge in [0.2, 0.25) is 5.91 Å². The Balaban J connectivity index is 1.37. The van der Waals surface area contributed by atoms with E-state index in [1.54, 1.807) is 0 Å². The van der Waals surface area contributed by atoms with Gasteiger partial charge in [0.1, 0.15) is 12.6 Å². The smallest absolute Gasteiger partial charge is 0.407 e. The van der Waals surface area contributed by atoms with E-state index < -0.39 is 42.3 Å². The van der Waals surface area contributed by atoms with E-state index in [1.807, 2.05) is 48.5 Å². The molecule has 1 heterocycles. The van der Waals surface area contributed by atoms with Crippen molar-refractivity contribution in [3.8, 4) is 11.1 Å². The number of carbonyl (C=O) groups excluding carboxylic acids is 2. The molecule has 1 fully saturated rings. The number of fused-ring (bicyclic) bond motifs is 3. The fraction of sp³-hybridized carbons (Fsp3) is 0.423. The molecule has 0 saturated carbocycles. The van der Waals surface area contributed by atoms with Gasteiger partial charge in [0, 0.05) is 19.0 Å². The Kier molecular flexibility index (Phi) is 7.05. The molecule has 186 valence electrons. The first-order chi connectivity index (χ1) is 16.7. The summed E-state index contributed by atoms with van der Waals surface area (Å²) in [6.07, 6.45) is -3.79. The summed E-state index contributed by atoms with van der Waals surface area (Å²) < 4.78 is 32.7. The van der Waals surface area contributed by atoms with Gasteiger partial charge < -0.3 is 20.1 Å². The van der Waals surface area contributed by atoms with Crippen molar-refractivity contribution in [2.45, 2.75) is 44.6 Å². The number of aliphatic carboxylic acids is 1. The first kappa shape index (κ1) is 24.6. The summed E-state index contributed by atoms with van der Waals surface area (Å²) >= 11 is 0. The van der Waals surface area contributed by atoms with Crippen LogP contribution in [0.5, 0.6) is 0 Å². The summed E-state index contributed by atoms with van der Waals surface area (Å²) in [5, 5.41) is 11.6. The topological polar surface area (TPSA) is 95.9 Å². The van der Waals surface area contributed by atoms with Crippen LogP contribution in [-0.2, 0) is 14.3 Å². The maximum Gasteiger partial charge on any atom is 0.407 e. The minimum Gasteiger partial charge on any atom is -0.481 e. The predicted molar refractivity (Wildman–Crippen MR) is 124 cm³/mol. The number of carboxylic acids is 1. The maximum atomic E-state index is 13.7. The van der Waals surface area contributed by atoms with Crippen LogP contribution in [0.3, 0.4) is 0 Å². The third-order valence-electron chi connectivity index (χ3n) is 6.91. The lowest BCUT2D eigenvalue weighted by Crippen LogP contribution is -2.51. The van der Waals surface area contributed by atoms with E-state index in [2.05, 4.69) is 5.32 Å². The number of ether oxygens (including phenoxy) is 1. The second-order valence-electron chi connectivity index (χ2n) is 9.40. The number of benzene rings is 2. The third-order valence-corrected chi connectivity index (χ3v) is 6.91. The molecule has 35 heavy (non-hydrogen) atoms. The van der Waals surface area contributed by atoms with Gasteiger partial charge in [-0.15, -0.1) is 0 Å². The maximum absolute atomic E-state index is 13.7.